The van der Waals surface area contributed by atoms with Crippen LogP contribution in [0.25, 0.3) is 0 Å². The third-order valence-corrected chi connectivity index (χ3v) is 7.48. The minimum Gasteiger partial charge on any atom is -0.469 e. The van der Waals surface area contributed by atoms with Gasteiger partial charge >= 0.3 is 5.97 Å². The van der Waals surface area contributed by atoms with Crippen molar-refractivity contribution in [1.82, 2.24) is 4.90 Å². The number of hydrogen-bond donors (Lipinski definition) is 0. The minimum atomic E-state index is 0.0287. The fourth-order valence-electron chi connectivity index (χ4n) is 5.24. The quantitative estimate of drug-likeness (QED) is 0.302. The van der Waals surface area contributed by atoms with Crippen molar-refractivity contribution < 1.29 is 9.53 Å². The van der Waals surface area contributed by atoms with E-state index < -0.39 is 0 Å². The molecule has 2 aliphatic heterocycles. The number of hydrogen-bond acceptors (Lipinski definition) is 3. The van der Waals surface area contributed by atoms with Crippen LogP contribution in [-0.2, 0) is 9.53 Å². The van der Waals surface area contributed by atoms with E-state index in [1.54, 1.807) is 7.11 Å². The molecule has 1 saturated carbocycles. The number of ether oxygens (including phenoxy) is 1. The molecule has 1 aliphatic carbocycles. The van der Waals surface area contributed by atoms with E-state index in [4.69, 9.17) is 4.74 Å². The maximum Gasteiger partial charge on any atom is 0.310 e. The first kappa shape index (κ1) is 16.7. The fraction of sp³-hybridized carbons (Fsp3) is 0.833. The van der Waals surface area contributed by atoms with Crippen LogP contribution in [0.2, 0.25) is 0 Å². The highest BCUT2D eigenvalue weighted by molar-refractivity contribution is 14.1. The molecule has 4 heteroatoms. The Morgan fingerprint density at radius 3 is 2.64 bits per heavy atom. The summed E-state index contributed by atoms with van der Waals surface area (Å²) in [7, 11) is 1.56. The van der Waals surface area contributed by atoms with Gasteiger partial charge in [-0.1, -0.05) is 28.7 Å². The largest absolute Gasteiger partial charge is 0.469 e. The van der Waals surface area contributed by atoms with Gasteiger partial charge in [0.1, 0.15) is 0 Å². The molecule has 0 aromatic carbocycles. The Morgan fingerprint density at radius 1 is 1.27 bits per heavy atom. The molecule has 0 radical (unpaired) electrons. The SMILES string of the molecule is C=CCN1C2CC[C@@H]1C[C@H](C1CCC(I)CC1)C2C(=O)OC. The van der Waals surface area contributed by atoms with Gasteiger partial charge < -0.3 is 4.74 Å². The molecular formula is C18H28INO2. The second-order valence-electron chi connectivity index (χ2n) is 7.24. The highest BCUT2D eigenvalue weighted by Gasteiger charge is 2.52. The molecule has 0 amide bonds. The Morgan fingerprint density at radius 2 is 2.00 bits per heavy atom. The second kappa shape index (κ2) is 7.20. The van der Waals surface area contributed by atoms with Crippen molar-refractivity contribution in [3.05, 3.63) is 12.7 Å². The predicted octanol–water partition coefficient (Wildman–Crippen LogP) is 3.81. The van der Waals surface area contributed by atoms with Crippen molar-refractivity contribution in [3.63, 3.8) is 0 Å². The van der Waals surface area contributed by atoms with Gasteiger partial charge in [-0.2, -0.15) is 0 Å². The average Bonchev–Trinajstić information content (AvgIpc) is 2.80. The highest BCUT2D eigenvalue weighted by atomic mass is 127. The van der Waals surface area contributed by atoms with Crippen molar-refractivity contribution in [2.45, 2.75) is 61.0 Å². The van der Waals surface area contributed by atoms with Crippen LogP contribution < -0.4 is 0 Å². The van der Waals surface area contributed by atoms with Crippen LogP contribution >= 0.6 is 22.6 Å². The third kappa shape index (κ3) is 3.10. The lowest BCUT2D eigenvalue weighted by Crippen LogP contribution is -2.53. The van der Waals surface area contributed by atoms with Gasteiger partial charge in [0.15, 0.2) is 0 Å². The molecular weight excluding hydrogens is 389 g/mol. The molecule has 22 heavy (non-hydrogen) atoms. The fourth-order valence-corrected chi connectivity index (χ4v) is 5.96. The van der Waals surface area contributed by atoms with Crippen LogP contribution in [0.3, 0.4) is 0 Å². The van der Waals surface area contributed by atoms with Crippen LogP contribution in [0.5, 0.6) is 0 Å². The zero-order valence-corrected chi connectivity index (χ0v) is 15.7. The Bertz CT molecular complexity index is 419. The third-order valence-electron chi connectivity index (χ3n) is 6.23. The Balaban J connectivity index is 1.80. The Kier molecular flexibility index (Phi) is 5.48. The molecule has 2 heterocycles. The monoisotopic (exact) mass is 417 g/mol. The van der Waals surface area contributed by atoms with Crippen LogP contribution in [0, 0.1) is 17.8 Å². The van der Waals surface area contributed by atoms with Gasteiger partial charge in [-0.15, -0.1) is 6.58 Å². The van der Waals surface area contributed by atoms with Crippen LogP contribution in [-0.4, -0.2) is 40.5 Å². The molecule has 3 nitrogen and oxygen atoms in total. The molecule has 0 spiro atoms. The van der Waals surface area contributed by atoms with Crippen LogP contribution in [0.15, 0.2) is 12.7 Å². The zero-order valence-electron chi connectivity index (χ0n) is 13.5. The summed E-state index contributed by atoms with van der Waals surface area (Å²) >= 11 is 2.59. The number of piperidine rings is 1. The smallest absolute Gasteiger partial charge is 0.310 e. The predicted molar refractivity (Wildman–Crippen MR) is 97.1 cm³/mol. The lowest BCUT2D eigenvalue weighted by atomic mass is 9.68. The van der Waals surface area contributed by atoms with Crippen LogP contribution in [0.4, 0.5) is 0 Å². The van der Waals surface area contributed by atoms with E-state index in [2.05, 4.69) is 34.1 Å². The lowest BCUT2D eigenvalue weighted by molar-refractivity contribution is -0.154. The first-order valence-corrected chi connectivity index (χ1v) is 9.98. The summed E-state index contributed by atoms with van der Waals surface area (Å²) in [5.74, 6) is 1.37. The molecule has 0 N–H and O–H groups in total. The average molecular weight is 417 g/mol. The van der Waals surface area contributed by atoms with E-state index in [1.807, 2.05) is 6.08 Å². The molecule has 124 valence electrons. The molecule has 3 aliphatic rings. The number of carbonyl (C=O) groups excluding carboxylic acids is 1. The lowest BCUT2D eigenvalue weighted by Gasteiger charge is -2.47. The Hall–Kier alpha value is -0.100. The topological polar surface area (TPSA) is 29.5 Å². The van der Waals surface area contributed by atoms with Crippen molar-refractivity contribution in [2.24, 2.45) is 17.8 Å². The van der Waals surface area contributed by atoms with Gasteiger partial charge in [0.25, 0.3) is 0 Å². The van der Waals surface area contributed by atoms with Crippen molar-refractivity contribution >= 4 is 28.6 Å². The summed E-state index contributed by atoms with van der Waals surface area (Å²) in [6.45, 7) is 4.81. The second-order valence-corrected chi connectivity index (χ2v) is 9.01. The molecule has 3 rings (SSSR count). The first-order valence-electron chi connectivity index (χ1n) is 8.74. The molecule has 4 atom stereocenters. The van der Waals surface area contributed by atoms with Crippen molar-refractivity contribution in [2.75, 3.05) is 13.7 Å². The van der Waals surface area contributed by atoms with Gasteiger partial charge in [0.05, 0.1) is 13.0 Å². The van der Waals surface area contributed by atoms with E-state index in [9.17, 15) is 4.79 Å². The summed E-state index contributed by atoms with van der Waals surface area (Å²) in [6.07, 6.45) is 10.8. The Labute approximate surface area is 148 Å². The van der Waals surface area contributed by atoms with Crippen molar-refractivity contribution in [3.8, 4) is 0 Å². The number of rotatable bonds is 4. The normalized spacial score (nSPS) is 42.1. The molecule has 2 unspecified atom stereocenters. The van der Waals surface area contributed by atoms with Crippen LogP contribution in [0.1, 0.15) is 44.9 Å². The van der Waals surface area contributed by atoms with Gasteiger partial charge in [-0.05, 0) is 56.8 Å². The van der Waals surface area contributed by atoms with Gasteiger partial charge in [-0.3, -0.25) is 9.69 Å². The molecule has 3 fully saturated rings. The van der Waals surface area contributed by atoms with Gasteiger partial charge in [-0.25, -0.2) is 0 Å². The first-order chi connectivity index (χ1) is 10.7. The van der Waals surface area contributed by atoms with Gasteiger partial charge in [0, 0.05) is 22.6 Å². The number of methoxy groups -OCH3 is 1. The van der Waals surface area contributed by atoms with E-state index in [-0.39, 0.29) is 11.9 Å². The van der Waals surface area contributed by atoms with Crippen molar-refractivity contribution in [1.29, 1.82) is 0 Å². The minimum absolute atomic E-state index is 0.0287. The zero-order chi connectivity index (χ0) is 15.7. The molecule has 2 saturated heterocycles. The summed E-state index contributed by atoms with van der Waals surface area (Å²) in [6, 6.07) is 1.04. The van der Waals surface area contributed by atoms with E-state index in [1.165, 1.54) is 38.5 Å². The van der Waals surface area contributed by atoms with E-state index in [0.29, 0.717) is 18.0 Å². The molecule has 2 bridgehead atoms. The summed E-state index contributed by atoms with van der Waals surface area (Å²) in [4.78, 5) is 15.1. The number of halogens is 1. The molecule has 0 aromatic heterocycles. The standard InChI is InChI=1S/C18H28INO2/c1-3-10-20-14-8-9-16(20)17(18(21)22-2)15(11-14)12-4-6-13(19)7-5-12/h3,12-17H,1,4-11H2,2H3/t12?,13?,14-,15-,16?,17?/m1/s1. The maximum atomic E-state index is 12.5. The summed E-state index contributed by atoms with van der Waals surface area (Å²) in [5, 5.41) is 0. The number of nitrogens with zero attached hydrogens (tertiary/aromatic N) is 1. The van der Waals surface area contributed by atoms with E-state index >= 15 is 0 Å². The number of esters is 1. The molecule has 0 aromatic rings. The highest BCUT2D eigenvalue weighted by Crippen LogP contribution is 2.49. The summed E-state index contributed by atoms with van der Waals surface area (Å²) in [5.41, 5.74) is 0. The number of alkyl halides is 1. The number of carbonyl (C=O) groups is 1. The maximum absolute atomic E-state index is 12.5. The van der Waals surface area contributed by atoms with Gasteiger partial charge in [0.2, 0.25) is 0 Å². The summed E-state index contributed by atoms with van der Waals surface area (Å²) < 4.78 is 6.05. The van der Waals surface area contributed by atoms with E-state index in [0.717, 1.165) is 22.8 Å². The number of fused-ring (bicyclic) bond motifs is 2.